The number of thiazole rings is 1. The third kappa shape index (κ3) is 9.62. The third-order valence-electron chi connectivity index (χ3n) is 7.51. The molecular weight excluding hydrogens is 556 g/mol. The number of aliphatic carboxylic acids is 1. The first kappa shape index (κ1) is 33.2. The smallest absolute Gasteiger partial charge is 0.303 e. The summed E-state index contributed by atoms with van der Waals surface area (Å²) in [5.41, 5.74) is 4.14. The number of aliphatic hydroxyl groups is 1. The molecule has 2 heterocycles. The largest absolute Gasteiger partial charge is 0.481 e. The maximum atomic E-state index is 13.7. The summed E-state index contributed by atoms with van der Waals surface area (Å²) in [4.78, 5) is 57.1. The van der Waals surface area contributed by atoms with Crippen molar-refractivity contribution in [1.29, 1.82) is 0 Å². The Morgan fingerprint density at radius 1 is 1.05 bits per heavy atom. The molecule has 0 spiro atoms. The van der Waals surface area contributed by atoms with Crippen molar-refractivity contribution in [2.24, 2.45) is 5.41 Å². The number of aliphatic hydroxyl groups excluding tert-OH is 1. The van der Waals surface area contributed by atoms with Crippen LogP contribution in [0.15, 0.2) is 29.8 Å². The zero-order valence-electron chi connectivity index (χ0n) is 25.0. The normalized spacial score (nSPS) is 17.6. The van der Waals surface area contributed by atoms with Crippen molar-refractivity contribution in [1.82, 2.24) is 20.5 Å². The fraction of sp³-hybridized carbons (Fsp3) is 0.581. The summed E-state index contributed by atoms with van der Waals surface area (Å²) in [5.74, 6) is -1.77. The maximum absolute atomic E-state index is 13.7. The van der Waals surface area contributed by atoms with Gasteiger partial charge in [-0.05, 0) is 36.3 Å². The average molecular weight is 601 g/mol. The molecule has 10 nitrogen and oxygen atoms in total. The van der Waals surface area contributed by atoms with Crippen molar-refractivity contribution in [3.8, 4) is 10.4 Å². The lowest BCUT2D eigenvalue weighted by Gasteiger charge is -2.35. The molecule has 3 rings (SSSR count). The number of unbranched alkanes of at least 4 members (excludes halogenated alkanes) is 4. The molecule has 1 aliphatic heterocycles. The van der Waals surface area contributed by atoms with E-state index in [1.807, 2.05) is 57.5 Å². The van der Waals surface area contributed by atoms with Crippen LogP contribution in [0, 0.1) is 12.3 Å². The summed E-state index contributed by atoms with van der Waals surface area (Å²) in [6, 6.07) is 6.19. The molecule has 1 aromatic carbocycles. The molecule has 0 saturated carbocycles. The minimum atomic E-state index is -0.857. The predicted octanol–water partition coefficient (Wildman–Crippen LogP) is 4.04. The number of carboxylic acid groups (broad SMARTS) is 1. The minimum absolute atomic E-state index is 0.0264. The van der Waals surface area contributed by atoms with Crippen LogP contribution in [0.2, 0.25) is 0 Å². The van der Waals surface area contributed by atoms with Gasteiger partial charge in [-0.2, -0.15) is 0 Å². The van der Waals surface area contributed by atoms with Crippen LogP contribution < -0.4 is 10.6 Å². The molecule has 0 radical (unpaired) electrons. The summed E-state index contributed by atoms with van der Waals surface area (Å²) in [5, 5.41) is 24.9. The Morgan fingerprint density at radius 3 is 2.29 bits per heavy atom. The molecule has 2 aromatic rings. The molecule has 0 aliphatic carbocycles. The maximum Gasteiger partial charge on any atom is 0.303 e. The van der Waals surface area contributed by atoms with Gasteiger partial charge in [-0.15, -0.1) is 11.3 Å². The second-order valence-corrected chi connectivity index (χ2v) is 13.0. The highest BCUT2D eigenvalue weighted by Crippen LogP contribution is 2.28. The minimum Gasteiger partial charge on any atom is -0.481 e. The first-order chi connectivity index (χ1) is 19.9. The summed E-state index contributed by atoms with van der Waals surface area (Å²) >= 11 is 1.58. The van der Waals surface area contributed by atoms with Crippen LogP contribution in [0.5, 0.6) is 0 Å². The molecule has 4 N–H and O–H groups in total. The van der Waals surface area contributed by atoms with E-state index in [1.54, 1.807) is 11.3 Å². The first-order valence-electron chi connectivity index (χ1n) is 14.6. The summed E-state index contributed by atoms with van der Waals surface area (Å²) in [6.07, 6.45) is 3.43. The topological polar surface area (TPSA) is 149 Å². The number of benzene rings is 1. The van der Waals surface area contributed by atoms with Gasteiger partial charge in [0.1, 0.15) is 12.1 Å². The fourth-order valence-electron chi connectivity index (χ4n) is 5.11. The molecular formula is C31H44N4O6S. The molecule has 230 valence electrons. The van der Waals surface area contributed by atoms with E-state index in [9.17, 15) is 24.3 Å². The van der Waals surface area contributed by atoms with Gasteiger partial charge in [0.05, 0.1) is 22.2 Å². The van der Waals surface area contributed by atoms with Crippen molar-refractivity contribution in [3.63, 3.8) is 0 Å². The highest BCUT2D eigenvalue weighted by molar-refractivity contribution is 7.13. The Balaban J connectivity index is 1.55. The number of carbonyl (C=O) groups excluding carboxylic acids is 3. The van der Waals surface area contributed by atoms with Crippen molar-refractivity contribution in [3.05, 3.63) is 41.0 Å². The number of amides is 3. The van der Waals surface area contributed by atoms with Crippen LogP contribution >= 0.6 is 11.3 Å². The number of nitrogens with one attached hydrogen (secondary N) is 2. The van der Waals surface area contributed by atoms with Crippen molar-refractivity contribution in [2.75, 3.05) is 6.54 Å². The predicted molar refractivity (Wildman–Crippen MR) is 162 cm³/mol. The molecule has 1 fully saturated rings. The van der Waals surface area contributed by atoms with Crippen molar-refractivity contribution in [2.45, 2.75) is 104 Å². The molecule has 3 amide bonds. The molecule has 2 unspecified atom stereocenters. The van der Waals surface area contributed by atoms with E-state index in [1.165, 1.54) is 4.90 Å². The lowest BCUT2D eigenvalue weighted by Crippen LogP contribution is -2.57. The molecule has 1 saturated heterocycles. The fourth-order valence-corrected chi connectivity index (χ4v) is 5.92. The monoisotopic (exact) mass is 600 g/mol. The molecule has 1 aromatic heterocycles. The Bertz CT molecular complexity index is 1220. The lowest BCUT2D eigenvalue weighted by molar-refractivity contribution is -0.144. The van der Waals surface area contributed by atoms with Crippen LogP contribution in [0.1, 0.15) is 83.4 Å². The number of nitrogens with zero attached hydrogens (tertiary/aromatic N) is 2. The Morgan fingerprint density at radius 2 is 1.69 bits per heavy atom. The zero-order chi connectivity index (χ0) is 30.9. The van der Waals surface area contributed by atoms with E-state index < -0.39 is 29.6 Å². The van der Waals surface area contributed by atoms with E-state index in [0.717, 1.165) is 41.0 Å². The Labute approximate surface area is 251 Å². The van der Waals surface area contributed by atoms with E-state index in [2.05, 4.69) is 15.6 Å². The molecule has 3 atom stereocenters. The van der Waals surface area contributed by atoms with Crippen LogP contribution in [0.4, 0.5) is 0 Å². The molecule has 0 bridgehead atoms. The van der Waals surface area contributed by atoms with Crippen LogP contribution in [-0.4, -0.2) is 68.5 Å². The van der Waals surface area contributed by atoms with Crippen LogP contribution in [-0.2, 0) is 25.7 Å². The van der Waals surface area contributed by atoms with Gasteiger partial charge in [-0.3, -0.25) is 19.2 Å². The number of hydrogen-bond acceptors (Lipinski definition) is 7. The van der Waals surface area contributed by atoms with Gasteiger partial charge >= 0.3 is 5.97 Å². The summed E-state index contributed by atoms with van der Waals surface area (Å²) < 4.78 is 0. The average Bonchev–Trinajstić information content (AvgIpc) is 3.54. The number of aromatic nitrogens is 1. The SMILES string of the molecule is Cc1ncsc1-c1ccc(CNC(=O)C2CC(O)CN2C(=O)[C@@H](NC(=O)CCCCCCCC(=O)O)C(C)(C)C)cc1. The zero-order valence-corrected chi connectivity index (χ0v) is 25.8. The number of aryl methyl sites for hydroxylation is 1. The third-order valence-corrected chi connectivity index (χ3v) is 8.48. The van der Waals surface area contributed by atoms with Gasteiger partial charge in [-0.25, -0.2) is 4.98 Å². The molecule has 1 aliphatic rings. The quantitative estimate of drug-likeness (QED) is 0.239. The number of hydrogen-bond donors (Lipinski definition) is 4. The molecule has 42 heavy (non-hydrogen) atoms. The van der Waals surface area contributed by atoms with E-state index >= 15 is 0 Å². The van der Waals surface area contributed by atoms with E-state index in [-0.39, 0.29) is 50.1 Å². The van der Waals surface area contributed by atoms with Gasteiger partial charge in [0.2, 0.25) is 17.7 Å². The second-order valence-electron chi connectivity index (χ2n) is 12.1. The number of carboxylic acids is 1. The van der Waals surface area contributed by atoms with Gasteiger partial charge < -0.3 is 25.7 Å². The second kappa shape index (κ2) is 15.2. The lowest BCUT2D eigenvalue weighted by atomic mass is 9.85. The van der Waals surface area contributed by atoms with Gasteiger partial charge in [0, 0.05) is 32.4 Å². The number of likely N-dealkylation sites (tertiary alicyclic amines) is 1. The number of carbonyl (C=O) groups is 4. The summed E-state index contributed by atoms with van der Waals surface area (Å²) in [7, 11) is 0. The van der Waals surface area contributed by atoms with Gasteiger partial charge in [0.15, 0.2) is 0 Å². The highest BCUT2D eigenvalue weighted by Gasteiger charge is 2.44. The number of rotatable bonds is 14. The van der Waals surface area contributed by atoms with Crippen LogP contribution in [0.25, 0.3) is 10.4 Å². The Kier molecular flexibility index (Phi) is 12.0. The van der Waals surface area contributed by atoms with Crippen molar-refractivity contribution >= 4 is 35.0 Å². The van der Waals surface area contributed by atoms with E-state index in [4.69, 9.17) is 5.11 Å². The van der Waals surface area contributed by atoms with E-state index in [0.29, 0.717) is 12.8 Å². The number of β-amino-alcohol motifs (C(OH)–C–C–N with tert-alkyl or cyclic N) is 1. The standard InChI is InChI=1S/C31H44N4O6S/c1-20-27(42-19-33-20)22-14-12-21(13-15-22)17-32-29(40)24-16-23(36)18-35(24)30(41)28(31(2,3)4)34-25(37)10-8-6-5-7-9-11-26(38)39/h12-15,19,23-24,28,36H,5-11,16-18H2,1-4H3,(H,32,40)(H,34,37)(H,38,39)/t23?,24?,28-/m1/s1. The van der Waals surface area contributed by atoms with Gasteiger partial charge in [-0.1, -0.05) is 64.3 Å². The highest BCUT2D eigenvalue weighted by atomic mass is 32.1. The van der Waals surface area contributed by atoms with Crippen LogP contribution in [0.3, 0.4) is 0 Å². The Hall–Kier alpha value is -3.31. The van der Waals surface area contributed by atoms with Gasteiger partial charge in [0.25, 0.3) is 0 Å². The van der Waals surface area contributed by atoms with Crippen molar-refractivity contribution < 1.29 is 29.4 Å². The molecule has 11 heteroatoms. The first-order valence-corrected chi connectivity index (χ1v) is 15.5. The summed E-state index contributed by atoms with van der Waals surface area (Å²) in [6.45, 7) is 7.85.